The molecule has 0 radical (unpaired) electrons. The van der Waals surface area contributed by atoms with Crippen LogP contribution in [0.4, 0.5) is 0 Å². The molecule has 2 aliphatic rings. The van der Waals surface area contributed by atoms with Crippen LogP contribution in [0.2, 0.25) is 0 Å². The minimum atomic E-state index is 0.355. The van der Waals surface area contributed by atoms with Crippen LogP contribution in [-0.2, 0) is 17.8 Å². The minimum absolute atomic E-state index is 0.355. The highest BCUT2D eigenvalue weighted by Crippen LogP contribution is 2.14. The van der Waals surface area contributed by atoms with Gasteiger partial charge in [0.2, 0.25) is 0 Å². The Hall–Kier alpha value is -0.910. The second kappa shape index (κ2) is 8.09. The van der Waals surface area contributed by atoms with E-state index < -0.39 is 0 Å². The lowest BCUT2D eigenvalue weighted by molar-refractivity contribution is 0.0215. The van der Waals surface area contributed by atoms with Crippen molar-refractivity contribution in [3.8, 4) is 0 Å². The summed E-state index contributed by atoms with van der Waals surface area (Å²) in [5.41, 5.74) is 1.18. The monoisotopic (exact) mass is 306 g/mol. The molecule has 1 aromatic heterocycles. The molecule has 0 bridgehead atoms. The second-order valence-electron chi connectivity index (χ2n) is 6.61. The first-order valence-electron chi connectivity index (χ1n) is 8.92. The van der Waals surface area contributed by atoms with Gasteiger partial charge in [-0.15, -0.1) is 0 Å². The van der Waals surface area contributed by atoms with Crippen LogP contribution in [0.15, 0.2) is 12.3 Å². The molecule has 2 aliphatic heterocycles. The summed E-state index contributed by atoms with van der Waals surface area (Å²) in [4.78, 5) is 5.10. The number of aryl methyl sites for hydroxylation is 1. The molecule has 2 fully saturated rings. The van der Waals surface area contributed by atoms with E-state index in [1.807, 2.05) is 4.68 Å². The van der Waals surface area contributed by atoms with Gasteiger partial charge in [-0.05, 0) is 45.3 Å². The molecule has 124 valence electrons. The smallest absolute Gasteiger partial charge is 0.0828 e. The molecule has 0 spiro atoms. The van der Waals surface area contributed by atoms with Crippen LogP contribution in [0.1, 0.15) is 38.3 Å². The van der Waals surface area contributed by atoms with Crippen molar-refractivity contribution >= 4 is 0 Å². The average molecular weight is 306 g/mol. The number of piperidine rings is 1. The van der Waals surface area contributed by atoms with Crippen molar-refractivity contribution in [3.05, 3.63) is 18.0 Å². The highest BCUT2D eigenvalue weighted by molar-refractivity contribution is 4.99. The molecular weight excluding hydrogens is 276 g/mol. The van der Waals surface area contributed by atoms with E-state index >= 15 is 0 Å². The number of hydrogen-bond donors (Lipinski definition) is 0. The van der Waals surface area contributed by atoms with E-state index in [2.05, 4.69) is 34.1 Å². The molecular formula is C17H30N4O. The topological polar surface area (TPSA) is 33.5 Å². The minimum Gasteiger partial charge on any atom is -0.376 e. The third-order valence-corrected chi connectivity index (χ3v) is 4.75. The predicted molar refractivity (Wildman–Crippen MR) is 87.8 cm³/mol. The SMILES string of the molecule is CCn1ccc(CN2CCCO[C@H](CN3CCCCC3)C2)n1. The number of likely N-dealkylation sites (tertiary alicyclic amines) is 1. The van der Waals surface area contributed by atoms with Crippen molar-refractivity contribution in [3.63, 3.8) is 0 Å². The second-order valence-corrected chi connectivity index (χ2v) is 6.61. The van der Waals surface area contributed by atoms with Gasteiger partial charge in [-0.3, -0.25) is 9.58 Å². The zero-order valence-electron chi connectivity index (χ0n) is 13.9. The van der Waals surface area contributed by atoms with Crippen LogP contribution in [0, 0.1) is 0 Å². The van der Waals surface area contributed by atoms with Crippen molar-refractivity contribution < 1.29 is 4.74 Å². The van der Waals surface area contributed by atoms with Gasteiger partial charge in [-0.1, -0.05) is 6.42 Å². The summed E-state index contributed by atoms with van der Waals surface area (Å²) in [5.74, 6) is 0. The average Bonchev–Trinajstić information content (AvgIpc) is 2.88. The summed E-state index contributed by atoms with van der Waals surface area (Å²) in [6.45, 7) is 10.7. The zero-order valence-corrected chi connectivity index (χ0v) is 13.9. The number of aromatic nitrogens is 2. The van der Waals surface area contributed by atoms with Crippen molar-refractivity contribution in [2.45, 2.75) is 51.8 Å². The lowest BCUT2D eigenvalue weighted by Gasteiger charge is -2.31. The van der Waals surface area contributed by atoms with E-state index in [0.717, 1.165) is 45.8 Å². The largest absolute Gasteiger partial charge is 0.376 e. The molecule has 1 atom stereocenters. The van der Waals surface area contributed by atoms with Gasteiger partial charge in [0.25, 0.3) is 0 Å². The molecule has 3 heterocycles. The van der Waals surface area contributed by atoms with E-state index in [4.69, 9.17) is 4.74 Å². The lowest BCUT2D eigenvalue weighted by atomic mass is 10.1. The molecule has 5 heteroatoms. The van der Waals surface area contributed by atoms with Gasteiger partial charge in [0.05, 0.1) is 11.8 Å². The van der Waals surface area contributed by atoms with E-state index in [1.54, 1.807) is 0 Å². The van der Waals surface area contributed by atoms with Gasteiger partial charge < -0.3 is 9.64 Å². The summed E-state index contributed by atoms with van der Waals surface area (Å²) in [7, 11) is 0. The van der Waals surface area contributed by atoms with Gasteiger partial charge in [-0.25, -0.2) is 0 Å². The van der Waals surface area contributed by atoms with Crippen LogP contribution in [-0.4, -0.2) is 65.0 Å². The quantitative estimate of drug-likeness (QED) is 0.833. The van der Waals surface area contributed by atoms with Crippen molar-refractivity contribution in [1.29, 1.82) is 0 Å². The molecule has 0 N–H and O–H groups in total. The van der Waals surface area contributed by atoms with E-state index in [-0.39, 0.29) is 0 Å². The van der Waals surface area contributed by atoms with Crippen LogP contribution in [0.3, 0.4) is 0 Å². The fraction of sp³-hybridized carbons (Fsp3) is 0.824. The predicted octanol–water partition coefficient (Wildman–Crippen LogP) is 1.98. The first-order chi connectivity index (χ1) is 10.8. The number of ether oxygens (including phenoxy) is 1. The Morgan fingerprint density at radius 3 is 2.73 bits per heavy atom. The first-order valence-corrected chi connectivity index (χ1v) is 8.92. The Labute approximate surface area is 134 Å². The molecule has 2 saturated heterocycles. The van der Waals surface area contributed by atoms with Gasteiger partial charge in [0, 0.05) is 45.5 Å². The maximum Gasteiger partial charge on any atom is 0.0828 e. The Bertz CT molecular complexity index is 442. The molecule has 5 nitrogen and oxygen atoms in total. The van der Waals surface area contributed by atoms with E-state index in [0.29, 0.717) is 6.10 Å². The van der Waals surface area contributed by atoms with Crippen LogP contribution in [0.5, 0.6) is 0 Å². The summed E-state index contributed by atoms with van der Waals surface area (Å²) in [6.07, 6.45) is 7.66. The molecule has 0 unspecified atom stereocenters. The summed E-state index contributed by atoms with van der Waals surface area (Å²) < 4.78 is 8.10. The van der Waals surface area contributed by atoms with Crippen molar-refractivity contribution in [2.24, 2.45) is 0 Å². The number of rotatable bonds is 5. The Morgan fingerprint density at radius 1 is 1.14 bits per heavy atom. The van der Waals surface area contributed by atoms with Crippen molar-refractivity contribution in [2.75, 3.05) is 39.3 Å². The van der Waals surface area contributed by atoms with Gasteiger partial charge in [0.1, 0.15) is 0 Å². The fourth-order valence-electron chi connectivity index (χ4n) is 3.55. The first kappa shape index (κ1) is 16.0. The van der Waals surface area contributed by atoms with Crippen molar-refractivity contribution in [1.82, 2.24) is 19.6 Å². The van der Waals surface area contributed by atoms with Crippen LogP contribution in [0.25, 0.3) is 0 Å². The number of nitrogens with zero attached hydrogens (tertiary/aromatic N) is 4. The van der Waals surface area contributed by atoms with Crippen LogP contribution < -0.4 is 0 Å². The number of hydrogen-bond acceptors (Lipinski definition) is 4. The Balaban J connectivity index is 1.52. The van der Waals surface area contributed by atoms with Crippen LogP contribution >= 0.6 is 0 Å². The molecule has 0 aliphatic carbocycles. The van der Waals surface area contributed by atoms with E-state index in [1.165, 1.54) is 38.0 Å². The maximum absolute atomic E-state index is 6.09. The summed E-state index contributed by atoms with van der Waals surface area (Å²) in [5, 5.41) is 4.62. The Kier molecular flexibility index (Phi) is 5.87. The summed E-state index contributed by atoms with van der Waals surface area (Å²) in [6, 6.07) is 2.15. The lowest BCUT2D eigenvalue weighted by Crippen LogP contribution is -2.42. The standard InChI is InChI=1S/C17H30N4O/c1-2-21-11-7-16(18-21)13-20-10-6-12-22-17(15-20)14-19-8-4-3-5-9-19/h7,11,17H,2-6,8-10,12-15H2,1H3/t17-/m1/s1. The van der Waals surface area contributed by atoms with Gasteiger partial charge in [-0.2, -0.15) is 5.10 Å². The molecule has 22 heavy (non-hydrogen) atoms. The Morgan fingerprint density at radius 2 is 1.95 bits per heavy atom. The summed E-state index contributed by atoms with van der Waals surface area (Å²) >= 11 is 0. The zero-order chi connectivity index (χ0) is 15.2. The normalized spacial score (nSPS) is 25.2. The van der Waals surface area contributed by atoms with E-state index in [9.17, 15) is 0 Å². The molecule has 0 aromatic carbocycles. The van der Waals surface area contributed by atoms with Gasteiger partial charge in [0.15, 0.2) is 0 Å². The molecule has 0 saturated carbocycles. The third kappa shape index (κ3) is 4.54. The molecule has 0 amide bonds. The fourth-order valence-corrected chi connectivity index (χ4v) is 3.55. The highest BCUT2D eigenvalue weighted by Gasteiger charge is 2.22. The van der Waals surface area contributed by atoms with Gasteiger partial charge >= 0.3 is 0 Å². The maximum atomic E-state index is 6.09. The highest BCUT2D eigenvalue weighted by atomic mass is 16.5. The molecule has 3 rings (SSSR count). The third-order valence-electron chi connectivity index (χ3n) is 4.75. The molecule has 1 aromatic rings.